The molecule has 0 fully saturated rings. The molecule has 2 rings (SSSR count). The number of benzene rings is 1. The maximum Gasteiger partial charge on any atom is 0.0273 e. The fourth-order valence-corrected chi connectivity index (χ4v) is 1.37. The first-order chi connectivity index (χ1) is 8.36. The number of rotatable bonds is 1. The van der Waals surface area contributed by atoms with Crippen LogP contribution in [-0.2, 0) is 0 Å². The summed E-state index contributed by atoms with van der Waals surface area (Å²) in [7, 11) is 0. The van der Waals surface area contributed by atoms with Crippen molar-refractivity contribution in [3.63, 3.8) is 0 Å². The van der Waals surface area contributed by atoms with Gasteiger partial charge in [-0.05, 0) is 30.2 Å². The standard InChI is InChI=1S/C12H11N.2C2H6/c1-10-3-2-4-12(9-10)11-5-7-13-8-6-11;2*1-2/h2-9H,1H3;2*1-2H3. The van der Waals surface area contributed by atoms with E-state index in [1.807, 2.05) is 52.2 Å². The maximum absolute atomic E-state index is 3.99. The Morgan fingerprint density at radius 1 is 0.765 bits per heavy atom. The van der Waals surface area contributed by atoms with Crippen molar-refractivity contribution in [3.8, 4) is 11.1 Å². The molecule has 0 aliphatic rings. The molecule has 1 nitrogen and oxygen atoms in total. The van der Waals surface area contributed by atoms with Gasteiger partial charge in [-0.3, -0.25) is 4.98 Å². The zero-order valence-electron chi connectivity index (χ0n) is 11.6. The van der Waals surface area contributed by atoms with Gasteiger partial charge in [-0.1, -0.05) is 57.5 Å². The molecule has 1 heterocycles. The largest absolute Gasteiger partial charge is 0.265 e. The summed E-state index contributed by atoms with van der Waals surface area (Å²) >= 11 is 0. The summed E-state index contributed by atoms with van der Waals surface area (Å²) in [6, 6.07) is 12.5. The lowest BCUT2D eigenvalue weighted by Gasteiger charge is -2.01. The molecule has 17 heavy (non-hydrogen) atoms. The summed E-state index contributed by atoms with van der Waals surface area (Å²) in [5.41, 5.74) is 3.76. The molecule has 0 aliphatic carbocycles. The van der Waals surface area contributed by atoms with Gasteiger partial charge in [0.25, 0.3) is 0 Å². The Bertz CT molecular complexity index is 393. The monoisotopic (exact) mass is 229 g/mol. The molecule has 0 unspecified atom stereocenters. The summed E-state index contributed by atoms with van der Waals surface area (Å²) in [4.78, 5) is 3.99. The smallest absolute Gasteiger partial charge is 0.0273 e. The van der Waals surface area contributed by atoms with Crippen molar-refractivity contribution in [2.45, 2.75) is 34.6 Å². The van der Waals surface area contributed by atoms with Crippen LogP contribution in [0.4, 0.5) is 0 Å². The zero-order chi connectivity index (χ0) is 13.1. The minimum absolute atomic E-state index is 1.22. The zero-order valence-corrected chi connectivity index (χ0v) is 11.6. The highest BCUT2D eigenvalue weighted by Gasteiger charge is 1.95. The molecule has 1 aromatic heterocycles. The van der Waals surface area contributed by atoms with Crippen molar-refractivity contribution >= 4 is 0 Å². The van der Waals surface area contributed by atoms with E-state index in [0.29, 0.717) is 0 Å². The van der Waals surface area contributed by atoms with Gasteiger partial charge in [0.1, 0.15) is 0 Å². The SMILES string of the molecule is CC.CC.Cc1cccc(-c2ccncc2)c1. The van der Waals surface area contributed by atoms with Gasteiger partial charge in [0, 0.05) is 12.4 Å². The van der Waals surface area contributed by atoms with Crippen LogP contribution in [-0.4, -0.2) is 4.98 Å². The van der Waals surface area contributed by atoms with E-state index in [4.69, 9.17) is 0 Å². The van der Waals surface area contributed by atoms with Crippen molar-refractivity contribution in [2.24, 2.45) is 0 Å². The Morgan fingerprint density at radius 2 is 1.35 bits per heavy atom. The molecule has 0 spiro atoms. The van der Waals surface area contributed by atoms with Crippen molar-refractivity contribution in [1.82, 2.24) is 4.98 Å². The molecule has 0 amide bonds. The molecule has 0 radical (unpaired) electrons. The molecule has 0 bridgehead atoms. The van der Waals surface area contributed by atoms with E-state index in [0.717, 1.165) is 0 Å². The predicted octanol–water partition coefficient (Wildman–Crippen LogP) is 5.11. The number of hydrogen-bond acceptors (Lipinski definition) is 1. The average Bonchev–Trinajstić information content (AvgIpc) is 2.44. The molecule has 0 saturated carbocycles. The second-order valence-electron chi connectivity index (χ2n) is 3.11. The molecule has 1 heteroatoms. The topological polar surface area (TPSA) is 12.9 Å². The van der Waals surface area contributed by atoms with Crippen LogP contribution in [0.1, 0.15) is 33.3 Å². The highest BCUT2D eigenvalue weighted by atomic mass is 14.6. The lowest BCUT2D eigenvalue weighted by molar-refractivity contribution is 1.33. The summed E-state index contributed by atoms with van der Waals surface area (Å²) in [6.07, 6.45) is 3.63. The van der Waals surface area contributed by atoms with Crippen molar-refractivity contribution in [1.29, 1.82) is 0 Å². The molecule has 0 aliphatic heterocycles. The third kappa shape index (κ3) is 5.30. The Morgan fingerprint density at radius 3 is 1.88 bits per heavy atom. The fraction of sp³-hybridized carbons (Fsp3) is 0.312. The van der Waals surface area contributed by atoms with Gasteiger partial charge >= 0.3 is 0 Å². The van der Waals surface area contributed by atoms with Crippen LogP contribution in [0.25, 0.3) is 11.1 Å². The third-order valence-corrected chi connectivity index (χ3v) is 2.03. The Balaban J connectivity index is 0.000000581. The second-order valence-corrected chi connectivity index (χ2v) is 3.11. The van der Waals surface area contributed by atoms with Crippen LogP contribution in [0.5, 0.6) is 0 Å². The molecule has 0 saturated heterocycles. The van der Waals surface area contributed by atoms with Crippen LogP contribution in [0, 0.1) is 6.92 Å². The fourth-order valence-electron chi connectivity index (χ4n) is 1.37. The lowest BCUT2D eigenvalue weighted by Crippen LogP contribution is -1.79. The summed E-state index contributed by atoms with van der Waals surface area (Å²) in [5, 5.41) is 0. The first-order valence-corrected chi connectivity index (χ1v) is 6.33. The van der Waals surface area contributed by atoms with Gasteiger partial charge in [0.05, 0.1) is 0 Å². The number of hydrogen-bond donors (Lipinski definition) is 0. The van der Waals surface area contributed by atoms with Gasteiger partial charge in [-0.2, -0.15) is 0 Å². The normalized spacial score (nSPS) is 8.29. The average molecular weight is 229 g/mol. The summed E-state index contributed by atoms with van der Waals surface area (Å²) in [5.74, 6) is 0. The summed E-state index contributed by atoms with van der Waals surface area (Å²) < 4.78 is 0. The number of aromatic nitrogens is 1. The molecule has 0 N–H and O–H groups in total. The van der Waals surface area contributed by atoms with Crippen LogP contribution < -0.4 is 0 Å². The van der Waals surface area contributed by atoms with E-state index >= 15 is 0 Å². The van der Waals surface area contributed by atoms with Gasteiger partial charge < -0.3 is 0 Å². The van der Waals surface area contributed by atoms with E-state index in [1.54, 1.807) is 0 Å². The Kier molecular flexibility index (Phi) is 8.67. The Hall–Kier alpha value is -1.63. The molecule has 0 atom stereocenters. The lowest BCUT2D eigenvalue weighted by atomic mass is 10.1. The van der Waals surface area contributed by atoms with Crippen molar-refractivity contribution in [3.05, 3.63) is 54.4 Å². The van der Waals surface area contributed by atoms with Crippen LogP contribution in [0.15, 0.2) is 48.8 Å². The van der Waals surface area contributed by atoms with Gasteiger partial charge in [-0.15, -0.1) is 0 Å². The van der Waals surface area contributed by atoms with Crippen molar-refractivity contribution in [2.75, 3.05) is 0 Å². The van der Waals surface area contributed by atoms with E-state index < -0.39 is 0 Å². The van der Waals surface area contributed by atoms with Crippen LogP contribution in [0.2, 0.25) is 0 Å². The number of nitrogens with zero attached hydrogens (tertiary/aromatic N) is 1. The second kappa shape index (κ2) is 9.59. The van der Waals surface area contributed by atoms with Gasteiger partial charge in [-0.25, -0.2) is 0 Å². The predicted molar refractivity (Wildman–Crippen MR) is 77.1 cm³/mol. The minimum atomic E-state index is 1.22. The molecule has 1 aromatic carbocycles. The number of aryl methyl sites for hydroxylation is 1. The quantitative estimate of drug-likeness (QED) is 0.662. The van der Waals surface area contributed by atoms with E-state index in [1.165, 1.54) is 16.7 Å². The molecule has 92 valence electrons. The molecular formula is C16H23N. The van der Waals surface area contributed by atoms with Crippen LogP contribution in [0.3, 0.4) is 0 Å². The summed E-state index contributed by atoms with van der Waals surface area (Å²) in [6.45, 7) is 10.1. The van der Waals surface area contributed by atoms with E-state index in [-0.39, 0.29) is 0 Å². The van der Waals surface area contributed by atoms with Crippen molar-refractivity contribution < 1.29 is 0 Å². The highest BCUT2D eigenvalue weighted by Crippen LogP contribution is 2.18. The Labute approximate surface area is 106 Å². The van der Waals surface area contributed by atoms with Crippen LogP contribution >= 0.6 is 0 Å². The first kappa shape index (κ1) is 15.4. The highest BCUT2D eigenvalue weighted by molar-refractivity contribution is 5.63. The maximum atomic E-state index is 3.99. The molecule has 2 aromatic rings. The molecular weight excluding hydrogens is 206 g/mol. The van der Waals surface area contributed by atoms with Gasteiger partial charge in [0.2, 0.25) is 0 Å². The van der Waals surface area contributed by atoms with E-state index in [9.17, 15) is 0 Å². The first-order valence-electron chi connectivity index (χ1n) is 6.33. The van der Waals surface area contributed by atoms with E-state index in [2.05, 4.69) is 36.2 Å². The number of pyridine rings is 1. The van der Waals surface area contributed by atoms with Gasteiger partial charge in [0.15, 0.2) is 0 Å². The minimum Gasteiger partial charge on any atom is -0.265 e. The third-order valence-electron chi connectivity index (χ3n) is 2.03.